The van der Waals surface area contributed by atoms with Crippen molar-refractivity contribution in [1.29, 1.82) is 0 Å². The van der Waals surface area contributed by atoms with Crippen LogP contribution in [0.4, 0.5) is 4.79 Å². The van der Waals surface area contributed by atoms with Gasteiger partial charge < -0.3 is 20.5 Å². The number of hydrogen-bond donors (Lipinski definition) is 3. The SMILES string of the molecule is CC(CC(C)(C)OOC(C)(C)C)OC(=O)NCCNC(=O)CCc1cc(C(C)(C)C)c(O)c(C(C)(C)C)c1. The molecule has 0 aromatic heterocycles. The minimum absolute atomic E-state index is 0.103. The average Bonchev–Trinajstić information content (AvgIpc) is 2.72. The van der Waals surface area contributed by atoms with Crippen LogP contribution in [-0.2, 0) is 36.6 Å². The Balaban J connectivity index is 2.50. The molecular weight excluding hydrogens is 484 g/mol. The third-order valence-corrected chi connectivity index (χ3v) is 5.75. The fourth-order valence-electron chi connectivity index (χ4n) is 3.92. The molecule has 2 amide bonds. The van der Waals surface area contributed by atoms with Crippen molar-refractivity contribution in [3.05, 3.63) is 28.8 Å². The Kier molecular flexibility index (Phi) is 11.7. The summed E-state index contributed by atoms with van der Waals surface area (Å²) in [5, 5.41) is 16.4. The zero-order valence-corrected chi connectivity index (χ0v) is 25.8. The predicted molar refractivity (Wildman–Crippen MR) is 151 cm³/mol. The molecule has 8 nitrogen and oxygen atoms in total. The molecule has 0 bridgehead atoms. The number of carbonyl (C=O) groups is 2. The van der Waals surface area contributed by atoms with Gasteiger partial charge >= 0.3 is 6.09 Å². The molecule has 1 unspecified atom stereocenters. The first kappa shape index (κ1) is 33.7. The first-order chi connectivity index (χ1) is 17.1. The summed E-state index contributed by atoms with van der Waals surface area (Å²) in [6.07, 6.45) is 0.392. The molecule has 8 heteroatoms. The number of phenolic OH excluding ortho intramolecular Hbond substituents is 1. The molecule has 0 aliphatic heterocycles. The maximum absolute atomic E-state index is 12.4. The highest BCUT2D eigenvalue weighted by molar-refractivity contribution is 5.76. The van der Waals surface area contributed by atoms with Crippen LogP contribution in [0, 0.1) is 0 Å². The van der Waals surface area contributed by atoms with E-state index in [9.17, 15) is 14.7 Å². The molecule has 0 saturated carbocycles. The van der Waals surface area contributed by atoms with Gasteiger partial charge in [0.15, 0.2) is 0 Å². The van der Waals surface area contributed by atoms with E-state index < -0.39 is 17.3 Å². The normalized spacial score (nSPS) is 13.7. The maximum atomic E-state index is 12.4. The van der Waals surface area contributed by atoms with Gasteiger partial charge in [0.25, 0.3) is 0 Å². The Hall–Kier alpha value is -2.32. The summed E-state index contributed by atoms with van der Waals surface area (Å²) in [6.45, 7) is 24.2. The quantitative estimate of drug-likeness (QED) is 0.180. The zero-order chi connectivity index (χ0) is 29.5. The van der Waals surface area contributed by atoms with Gasteiger partial charge in [0, 0.05) is 25.9 Å². The number of rotatable bonds is 11. The Morgan fingerprint density at radius 1 is 0.842 bits per heavy atom. The highest BCUT2D eigenvalue weighted by atomic mass is 17.2. The van der Waals surface area contributed by atoms with E-state index in [1.165, 1.54) is 0 Å². The second kappa shape index (κ2) is 13.2. The maximum Gasteiger partial charge on any atom is 0.407 e. The number of phenols is 1. The molecule has 0 fully saturated rings. The lowest BCUT2D eigenvalue weighted by atomic mass is 9.78. The van der Waals surface area contributed by atoms with Crippen molar-refractivity contribution in [3.63, 3.8) is 0 Å². The van der Waals surface area contributed by atoms with Crippen LogP contribution >= 0.6 is 0 Å². The molecule has 0 saturated heterocycles. The van der Waals surface area contributed by atoms with Crippen molar-refractivity contribution in [2.75, 3.05) is 13.1 Å². The summed E-state index contributed by atoms with van der Waals surface area (Å²) in [5.41, 5.74) is 1.29. The van der Waals surface area contributed by atoms with Crippen molar-refractivity contribution < 1.29 is 29.2 Å². The number of aromatic hydroxyl groups is 1. The number of amides is 2. The number of hydrogen-bond acceptors (Lipinski definition) is 6. The summed E-state index contributed by atoms with van der Waals surface area (Å²) in [4.78, 5) is 35.4. The molecule has 1 rings (SSSR count). The molecule has 0 radical (unpaired) electrons. The lowest BCUT2D eigenvalue weighted by Gasteiger charge is -2.30. The van der Waals surface area contributed by atoms with E-state index in [0.717, 1.165) is 16.7 Å². The molecule has 0 aliphatic rings. The van der Waals surface area contributed by atoms with Gasteiger partial charge in [-0.3, -0.25) is 4.79 Å². The first-order valence-corrected chi connectivity index (χ1v) is 13.6. The lowest BCUT2D eigenvalue weighted by Crippen LogP contribution is -2.38. The molecule has 38 heavy (non-hydrogen) atoms. The fourth-order valence-corrected chi connectivity index (χ4v) is 3.92. The summed E-state index contributed by atoms with van der Waals surface area (Å²) in [6, 6.07) is 4.00. The van der Waals surface area contributed by atoms with Crippen LogP contribution in [0.2, 0.25) is 0 Å². The third-order valence-electron chi connectivity index (χ3n) is 5.75. The minimum Gasteiger partial charge on any atom is -0.507 e. The average molecular weight is 537 g/mol. The van der Waals surface area contributed by atoms with Gasteiger partial charge in [0.1, 0.15) is 17.5 Å². The number of benzene rings is 1. The lowest BCUT2D eigenvalue weighted by molar-refractivity contribution is -0.399. The van der Waals surface area contributed by atoms with Crippen LogP contribution in [0.1, 0.15) is 113 Å². The van der Waals surface area contributed by atoms with Gasteiger partial charge in [-0.1, -0.05) is 53.7 Å². The van der Waals surface area contributed by atoms with Crippen LogP contribution < -0.4 is 10.6 Å². The smallest absolute Gasteiger partial charge is 0.407 e. The third kappa shape index (κ3) is 12.5. The van der Waals surface area contributed by atoms with Gasteiger partial charge in [-0.2, -0.15) is 0 Å². The Bertz CT molecular complexity index is 901. The van der Waals surface area contributed by atoms with Gasteiger partial charge in [0.05, 0.1) is 5.60 Å². The van der Waals surface area contributed by atoms with E-state index in [0.29, 0.717) is 31.6 Å². The Morgan fingerprint density at radius 3 is 1.82 bits per heavy atom. The second-order valence-electron chi connectivity index (χ2n) is 13.8. The van der Waals surface area contributed by atoms with Crippen molar-refractivity contribution in [3.8, 4) is 5.75 Å². The van der Waals surface area contributed by atoms with E-state index in [-0.39, 0.29) is 29.4 Å². The monoisotopic (exact) mass is 536 g/mol. The van der Waals surface area contributed by atoms with Crippen LogP contribution in [-0.4, -0.2) is 47.5 Å². The van der Waals surface area contributed by atoms with E-state index in [1.807, 2.05) is 46.8 Å². The largest absolute Gasteiger partial charge is 0.507 e. The minimum atomic E-state index is -0.625. The van der Waals surface area contributed by atoms with Gasteiger partial charge in [-0.15, -0.1) is 0 Å². The molecule has 218 valence electrons. The zero-order valence-electron chi connectivity index (χ0n) is 25.8. The molecule has 0 aliphatic carbocycles. The van der Waals surface area contributed by atoms with E-state index >= 15 is 0 Å². The summed E-state index contributed by atoms with van der Waals surface area (Å²) in [5.74, 6) is 0.230. The van der Waals surface area contributed by atoms with Crippen molar-refractivity contribution in [2.45, 2.75) is 130 Å². The van der Waals surface area contributed by atoms with Gasteiger partial charge in [-0.25, -0.2) is 14.6 Å². The molecule has 3 N–H and O–H groups in total. The summed E-state index contributed by atoms with van der Waals surface area (Å²) in [7, 11) is 0. The van der Waals surface area contributed by atoms with Crippen LogP contribution in [0.3, 0.4) is 0 Å². The molecule has 1 aromatic rings. The van der Waals surface area contributed by atoms with Crippen molar-refractivity contribution in [1.82, 2.24) is 10.6 Å². The predicted octanol–water partition coefficient (Wildman–Crippen LogP) is 6.07. The van der Waals surface area contributed by atoms with E-state index in [1.54, 1.807) is 6.92 Å². The molecule has 0 heterocycles. The number of alkyl carbamates (subject to hydrolysis) is 1. The standard InChI is InChI=1S/C30H52N2O6/c1-20(19-30(11,12)38-37-29(8,9)10)36-26(35)32-16-15-31-24(33)14-13-21-17-22(27(2,3)4)25(34)23(18-21)28(5,6)7/h17-18,20,34H,13-16,19H2,1-12H3,(H,31,33)(H,32,35). The number of aryl methyl sites for hydroxylation is 1. The molecule has 0 spiro atoms. The number of nitrogens with one attached hydrogen (secondary N) is 2. The highest BCUT2D eigenvalue weighted by Crippen LogP contribution is 2.40. The highest BCUT2D eigenvalue weighted by Gasteiger charge is 2.28. The van der Waals surface area contributed by atoms with E-state index in [2.05, 4.69) is 52.2 Å². The summed E-state index contributed by atoms with van der Waals surface area (Å²) >= 11 is 0. The molecular formula is C30H52N2O6. The van der Waals surface area contributed by atoms with Crippen LogP contribution in [0.5, 0.6) is 5.75 Å². The Labute approximate surface area is 230 Å². The second-order valence-corrected chi connectivity index (χ2v) is 13.8. The van der Waals surface area contributed by atoms with E-state index in [4.69, 9.17) is 14.5 Å². The van der Waals surface area contributed by atoms with Crippen LogP contribution in [0.25, 0.3) is 0 Å². The molecule has 1 atom stereocenters. The van der Waals surface area contributed by atoms with Gasteiger partial charge in [-0.05, 0) is 75.5 Å². The van der Waals surface area contributed by atoms with Crippen LogP contribution in [0.15, 0.2) is 12.1 Å². The topological polar surface area (TPSA) is 106 Å². The summed E-state index contributed by atoms with van der Waals surface area (Å²) < 4.78 is 5.40. The first-order valence-electron chi connectivity index (χ1n) is 13.6. The Morgan fingerprint density at radius 2 is 1.34 bits per heavy atom. The fraction of sp³-hybridized carbons (Fsp3) is 0.733. The van der Waals surface area contributed by atoms with Crippen molar-refractivity contribution >= 4 is 12.0 Å². The van der Waals surface area contributed by atoms with Crippen molar-refractivity contribution in [2.24, 2.45) is 0 Å². The molecule has 1 aromatic carbocycles. The number of carbonyl (C=O) groups excluding carboxylic acids is 2. The van der Waals surface area contributed by atoms with Gasteiger partial charge in [0.2, 0.25) is 5.91 Å². The number of ether oxygens (including phenoxy) is 1.